The first-order chi connectivity index (χ1) is 9.93. The molecular formula is C20H26F2Zr. The Morgan fingerprint density at radius 3 is 1.52 bits per heavy atom. The number of fused-ring (bicyclic) bond motifs is 2. The molecule has 0 heterocycles. The van der Waals surface area contributed by atoms with E-state index in [4.69, 9.17) is 0 Å². The van der Waals surface area contributed by atoms with Crippen molar-refractivity contribution < 1.29 is 35.6 Å². The molecule has 0 bridgehead atoms. The standard InChI is InChI=1S/2C9H11.C2H4.2FH.Zr/c2*1-2-5-9-7-3-6-8(9)4-1;1-2;;;/h2*1-2,4,6,9H,3,5,7H2;1-2H2;2*1H;/q2*-1;;;;+4/p-2. The van der Waals surface area contributed by atoms with Gasteiger partial charge in [0, 0.05) is 0 Å². The minimum Gasteiger partial charge on any atom is -1.00 e. The molecule has 2 unspecified atom stereocenters. The molecule has 0 aromatic rings. The summed E-state index contributed by atoms with van der Waals surface area (Å²) < 4.78 is 0. The van der Waals surface area contributed by atoms with Crippen LogP contribution in [0.4, 0.5) is 0 Å². The van der Waals surface area contributed by atoms with E-state index < -0.39 is 0 Å². The van der Waals surface area contributed by atoms with E-state index in [9.17, 15) is 0 Å². The van der Waals surface area contributed by atoms with Crippen LogP contribution in [0.3, 0.4) is 0 Å². The van der Waals surface area contributed by atoms with Crippen molar-refractivity contribution in [1.29, 1.82) is 0 Å². The Kier molecular flexibility index (Phi) is 14.5. The van der Waals surface area contributed by atoms with Crippen LogP contribution in [-0.4, -0.2) is 0 Å². The predicted octanol–water partition coefficient (Wildman–Crippen LogP) is -0.218. The first-order valence-electron chi connectivity index (χ1n) is 7.83. The summed E-state index contributed by atoms with van der Waals surface area (Å²) in [4.78, 5) is 0. The Hall–Kier alpha value is -0.817. The third kappa shape index (κ3) is 7.08. The molecule has 4 aliphatic carbocycles. The maximum absolute atomic E-state index is 3.00. The monoisotopic (exact) mass is 394 g/mol. The molecule has 4 rings (SSSR count). The normalized spacial score (nSPS) is 24.5. The van der Waals surface area contributed by atoms with Gasteiger partial charge in [-0.15, -0.1) is 50.3 Å². The molecule has 3 heteroatoms. The Labute approximate surface area is 159 Å². The zero-order valence-electron chi connectivity index (χ0n) is 13.7. The zero-order valence-corrected chi connectivity index (χ0v) is 16.1. The molecule has 0 aromatic heterocycles. The minimum absolute atomic E-state index is 0. The largest absolute Gasteiger partial charge is 4.00 e. The van der Waals surface area contributed by atoms with E-state index in [0.29, 0.717) is 0 Å². The van der Waals surface area contributed by atoms with Gasteiger partial charge >= 0.3 is 26.2 Å². The molecule has 0 aliphatic heterocycles. The van der Waals surface area contributed by atoms with Crippen molar-refractivity contribution in [3.05, 3.63) is 73.6 Å². The molecule has 0 nitrogen and oxygen atoms in total. The van der Waals surface area contributed by atoms with Crippen LogP contribution in [0.5, 0.6) is 0 Å². The fraction of sp³-hybridized carbons (Fsp3) is 0.400. The molecule has 0 saturated heterocycles. The summed E-state index contributed by atoms with van der Waals surface area (Å²) >= 11 is 0. The summed E-state index contributed by atoms with van der Waals surface area (Å²) in [6, 6.07) is 0. The predicted molar refractivity (Wildman–Crippen MR) is 89.0 cm³/mol. The van der Waals surface area contributed by atoms with Gasteiger partial charge in [-0.2, -0.15) is 0 Å². The van der Waals surface area contributed by atoms with Crippen LogP contribution >= 0.6 is 0 Å². The van der Waals surface area contributed by atoms with Crippen LogP contribution < -0.4 is 9.41 Å². The van der Waals surface area contributed by atoms with Gasteiger partial charge < -0.3 is 9.41 Å². The van der Waals surface area contributed by atoms with Gasteiger partial charge in [-0.3, -0.25) is 0 Å². The summed E-state index contributed by atoms with van der Waals surface area (Å²) in [6.45, 7) is 6.00. The Morgan fingerprint density at radius 2 is 1.17 bits per heavy atom. The fourth-order valence-electron chi connectivity index (χ4n) is 3.33. The molecule has 4 aliphatic rings. The molecule has 2 saturated carbocycles. The Morgan fingerprint density at radius 1 is 0.783 bits per heavy atom. The number of rotatable bonds is 0. The SMILES string of the molecule is C1=CCC2CC[CH-]C2=C1.C1=CCC2CC[CH-]C2=C1.C=C.[F-].[F-].[Zr+4]. The van der Waals surface area contributed by atoms with Crippen molar-refractivity contribution in [2.75, 3.05) is 0 Å². The minimum atomic E-state index is 0. The average Bonchev–Trinajstić information content (AvgIpc) is 3.18. The van der Waals surface area contributed by atoms with E-state index in [2.05, 4.69) is 62.5 Å². The second-order valence-corrected chi connectivity index (χ2v) is 5.62. The van der Waals surface area contributed by atoms with Crippen LogP contribution in [0.15, 0.2) is 60.8 Å². The molecule has 0 aromatic carbocycles. The summed E-state index contributed by atoms with van der Waals surface area (Å²) in [6.07, 6.45) is 26.1. The van der Waals surface area contributed by atoms with Gasteiger partial charge in [-0.1, -0.05) is 12.8 Å². The maximum Gasteiger partial charge on any atom is 4.00 e. The molecule has 2 fully saturated rings. The summed E-state index contributed by atoms with van der Waals surface area (Å²) in [5, 5.41) is 0. The van der Waals surface area contributed by atoms with Gasteiger partial charge in [-0.05, 0) is 24.7 Å². The van der Waals surface area contributed by atoms with Crippen molar-refractivity contribution >= 4 is 0 Å². The van der Waals surface area contributed by atoms with Crippen LogP contribution in [0, 0.1) is 24.7 Å². The molecule has 0 radical (unpaired) electrons. The average molecular weight is 396 g/mol. The smallest absolute Gasteiger partial charge is 1.00 e. The second kappa shape index (κ2) is 13.6. The van der Waals surface area contributed by atoms with Crippen LogP contribution in [0.25, 0.3) is 0 Å². The molecule has 2 atom stereocenters. The van der Waals surface area contributed by atoms with Gasteiger partial charge in [0.2, 0.25) is 0 Å². The fourth-order valence-corrected chi connectivity index (χ4v) is 3.33. The quantitative estimate of drug-likeness (QED) is 0.393. The van der Waals surface area contributed by atoms with Crippen LogP contribution in [0.1, 0.15) is 38.5 Å². The summed E-state index contributed by atoms with van der Waals surface area (Å²) in [5.41, 5.74) is 3.16. The Bertz CT molecular complexity index is 395. The molecular weight excluding hydrogens is 369 g/mol. The number of allylic oxidation sites excluding steroid dienone is 8. The van der Waals surface area contributed by atoms with E-state index in [0.717, 1.165) is 11.8 Å². The number of halogens is 2. The third-order valence-electron chi connectivity index (χ3n) is 4.42. The van der Waals surface area contributed by atoms with Gasteiger partial charge in [0.25, 0.3) is 0 Å². The van der Waals surface area contributed by atoms with Gasteiger partial charge in [0.1, 0.15) is 0 Å². The molecule has 0 amide bonds. The van der Waals surface area contributed by atoms with Crippen LogP contribution in [-0.2, 0) is 26.2 Å². The maximum atomic E-state index is 3.00. The third-order valence-corrected chi connectivity index (χ3v) is 4.42. The zero-order chi connectivity index (χ0) is 14.2. The van der Waals surface area contributed by atoms with Crippen molar-refractivity contribution in [2.45, 2.75) is 38.5 Å². The first kappa shape index (κ1) is 24.4. The van der Waals surface area contributed by atoms with Crippen LogP contribution in [0.2, 0.25) is 0 Å². The van der Waals surface area contributed by atoms with E-state index in [-0.39, 0.29) is 35.6 Å². The summed E-state index contributed by atoms with van der Waals surface area (Å²) in [7, 11) is 0. The van der Waals surface area contributed by atoms with Gasteiger partial charge in [0.15, 0.2) is 0 Å². The van der Waals surface area contributed by atoms with E-state index >= 15 is 0 Å². The van der Waals surface area contributed by atoms with Gasteiger partial charge in [-0.25, -0.2) is 36.1 Å². The van der Waals surface area contributed by atoms with Crippen molar-refractivity contribution in [3.63, 3.8) is 0 Å². The van der Waals surface area contributed by atoms with Crippen molar-refractivity contribution in [3.8, 4) is 0 Å². The Balaban J connectivity index is 0. The molecule has 0 spiro atoms. The number of hydrogen-bond donors (Lipinski definition) is 0. The van der Waals surface area contributed by atoms with Gasteiger partial charge in [0.05, 0.1) is 0 Å². The van der Waals surface area contributed by atoms with E-state index in [1.54, 1.807) is 11.1 Å². The molecule has 124 valence electrons. The van der Waals surface area contributed by atoms with E-state index in [1.807, 2.05) is 0 Å². The van der Waals surface area contributed by atoms with E-state index in [1.165, 1.54) is 38.5 Å². The second-order valence-electron chi connectivity index (χ2n) is 5.62. The molecule has 23 heavy (non-hydrogen) atoms. The van der Waals surface area contributed by atoms with Crippen molar-refractivity contribution in [2.24, 2.45) is 11.8 Å². The first-order valence-corrected chi connectivity index (χ1v) is 7.83. The number of hydrogen-bond acceptors (Lipinski definition) is 0. The topological polar surface area (TPSA) is 0 Å². The van der Waals surface area contributed by atoms with Crippen molar-refractivity contribution in [1.82, 2.24) is 0 Å². The summed E-state index contributed by atoms with van der Waals surface area (Å²) in [5.74, 6) is 1.77. The molecule has 0 N–H and O–H groups in total.